The molecule has 1 unspecified atom stereocenters. The van der Waals surface area contributed by atoms with Crippen LogP contribution in [0.4, 0.5) is 0 Å². The van der Waals surface area contributed by atoms with E-state index in [0.29, 0.717) is 6.54 Å². The SMILES string of the molecule is OC1(c2cccc3ccccc23)CCCN(Cc2ccccc2)C1. The van der Waals surface area contributed by atoms with E-state index in [1.807, 2.05) is 6.07 Å². The molecule has 122 valence electrons. The highest BCUT2D eigenvalue weighted by Gasteiger charge is 2.35. The molecule has 0 spiro atoms. The van der Waals surface area contributed by atoms with Crippen LogP contribution in [-0.4, -0.2) is 23.1 Å². The first-order valence-corrected chi connectivity index (χ1v) is 8.72. The van der Waals surface area contributed by atoms with Crippen LogP contribution in [0.1, 0.15) is 24.0 Å². The Morgan fingerprint density at radius 3 is 2.50 bits per heavy atom. The third kappa shape index (κ3) is 2.95. The lowest BCUT2D eigenvalue weighted by Gasteiger charge is -2.40. The summed E-state index contributed by atoms with van der Waals surface area (Å²) < 4.78 is 0. The maximum atomic E-state index is 11.4. The van der Waals surface area contributed by atoms with E-state index in [9.17, 15) is 5.11 Å². The molecule has 1 aliphatic rings. The van der Waals surface area contributed by atoms with E-state index in [1.165, 1.54) is 16.3 Å². The fourth-order valence-corrected chi connectivity index (χ4v) is 3.95. The molecule has 0 aliphatic carbocycles. The summed E-state index contributed by atoms with van der Waals surface area (Å²) >= 11 is 0. The van der Waals surface area contributed by atoms with Gasteiger partial charge in [-0.15, -0.1) is 0 Å². The number of aliphatic hydroxyl groups is 1. The largest absolute Gasteiger partial charge is 0.384 e. The predicted molar refractivity (Wildman–Crippen MR) is 98.8 cm³/mol. The first kappa shape index (κ1) is 15.4. The second-order valence-corrected chi connectivity index (χ2v) is 6.86. The Kier molecular flexibility index (Phi) is 4.09. The van der Waals surface area contributed by atoms with E-state index in [0.717, 1.165) is 31.5 Å². The standard InChI is InChI=1S/C22H23NO/c24-22(21-13-6-11-19-10-4-5-12-20(19)21)14-7-15-23(17-22)16-18-8-2-1-3-9-18/h1-6,8-13,24H,7,14-17H2. The smallest absolute Gasteiger partial charge is 0.103 e. The number of fused-ring (bicyclic) bond motifs is 1. The van der Waals surface area contributed by atoms with Gasteiger partial charge >= 0.3 is 0 Å². The van der Waals surface area contributed by atoms with Crippen molar-refractivity contribution in [3.8, 4) is 0 Å². The predicted octanol–water partition coefficient (Wildman–Crippen LogP) is 4.32. The monoisotopic (exact) mass is 317 g/mol. The molecule has 0 radical (unpaired) electrons. The quantitative estimate of drug-likeness (QED) is 0.777. The zero-order valence-electron chi connectivity index (χ0n) is 13.9. The summed E-state index contributed by atoms with van der Waals surface area (Å²) in [6, 6.07) is 25.1. The van der Waals surface area contributed by atoms with Gasteiger partial charge in [0, 0.05) is 13.1 Å². The average molecular weight is 317 g/mol. The van der Waals surface area contributed by atoms with Gasteiger partial charge in [0.1, 0.15) is 5.60 Å². The van der Waals surface area contributed by atoms with Crippen LogP contribution < -0.4 is 0 Å². The van der Waals surface area contributed by atoms with E-state index >= 15 is 0 Å². The average Bonchev–Trinajstić information content (AvgIpc) is 2.62. The third-order valence-corrected chi connectivity index (χ3v) is 5.09. The van der Waals surface area contributed by atoms with E-state index in [4.69, 9.17) is 0 Å². The normalized spacial score (nSPS) is 21.9. The first-order valence-electron chi connectivity index (χ1n) is 8.72. The van der Waals surface area contributed by atoms with Crippen LogP contribution in [0.2, 0.25) is 0 Å². The Bertz CT molecular complexity index is 824. The fraction of sp³-hybridized carbons (Fsp3) is 0.273. The van der Waals surface area contributed by atoms with Gasteiger partial charge in [-0.2, -0.15) is 0 Å². The summed E-state index contributed by atoms with van der Waals surface area (Å²) in [4.78, 5) is 2.38. The van der Waals surface area contributed by atoms with Crippen LogP contribution in [-0.2, 0) is 12.1 Å². The van der Waals surface area contributed by atoms with Gasteiger partial charge in [-0.25, -0.2) is 0 Å². The Balaban J connectivity index is 1.64. The molecule has 1 heterocycles. The topological polar surface area (TPSA) is 23.5 Å². The number of hydrogen-bond acceptors (Lipinski definition) is 2. The molecule has 0 aromatic heterocycles. The summed E-state index contributed by atoms with van der Waals surface area (Å²) in [5, 5.41) is 13.8. The molecular weight excluding hydrogens is 294 g/mol. The second-order valence-electron chi connectivity index (χ2n) is 6.86. The molecule has 2 nitrogen and oxygen atoms in total. The van der Waals surface area contributed by atoms with E-state index in [2.05, 4.69) is 71.6 Å². The number of β-amino-alcohol motifs (C(OH)–C–C–N with tert-alkyl or cyclic N) is 1. The maximum absolute atomic E-state index is 11.4. The van der Waals surface area contributed by atoms with Crippen molar-refractivity contribution in [2.24, 2.45) is 0 Å². The van der Waals surface area contributed by atoms with Gasteiger partial charge in [0.25, 0.3) is 0 Å². The van der Waals surface area contributed by atoms with Gasteiger partial charge in [0.15, 0.2) is 0 Å². The lowest BCUT2D eigenvalue weighted by molar-refractivity contribution is -0.0370. The van der Waals surface area contributed by atoms with E-state index in [1.54, 1.807) is 0 Å². The molecule has 1 N–H and O–H groups in total. The van der Waals surface area contributed by atoms with Crippen molar-refractivity contribution in [1.29, 1.82) is 0 Å². The van der Waals surface area contributed by atoms with Gasteiger partial charge in [0.2, 0.25) is 0 Å². The van der Waals surface area contributed by atoms with E-state index in [-0.39, 0.29) is 0 Å². The number of likely N-dealkylation sites (tertiary alicyclic amines) is 1. The Hall–Kier alpha value is -2.16. The summed E-state index contributed by atoms with van der Waals surface area (Å²) in [5.41, 5.74) is 1.60. The lowest BCUT2D eigenvalue weighted by atomic mass is 9.83. The van der Waals surface area contributed by atoms with Crippen molar-refractivity contribution in [3.63, 3.8) is 0 Å². The minimum Gasteiger partial charge on any atom is -0.384 e. The van der Waals surface area contributed by atoms with Gasteiger partial charge in [-0.3, -0.25) is 4.90 Å². The maximum Gasteiger partial charge on any atom is 0.103 e. The molecule has 1 atom stereocenters. The molecule has 0 saturated carbocycles. The van der Waals surface area contributed by atoms with Crippen molar-refractivity contribution in [3.05, 3.63) is 83.9 Å². The molecule has 24 heavy (non-hydrogen) atoms. The second kappa shape index (κ2) is 6.39. The molecule has 1 fully saturated rings. The van der Waals surface area contributed by atoms with Crippen LogP contribution in [0.15, 0.2) is 72.8 Å². The molecule has 2 heteroatoms. The molecule has 1 saturated heterocycles. The minimum absolute atomic E-state index is 0.690. The van der Waals surface area contributed by atoms with Crippen LogP contribution in [0.5, 0.6) is 0 Å². The molecule has 3 aromatic rings. The summed E-state index contributed by atoms with van der Waals surface area (Å²) in [5.74, 6) is 0. The number of rotatable bonds is 3. The Labute approximate surface area is 143 Å². The highest BCUT2D eigenvalue weighted by atomic mass is 16.3. The van der Waals surface area contributed by atoms with Gasteiger partial charge in [0.05, 0.1) is 0 Å². The van der Waals surface area contributed by atoms with Crippen LogP contribution in [0.3, 0.4) is 0 Å². The molecule has 1 aliphatic heterocycles. The van der Waals surface area contributed by atoms with E-state index < -0.39 is 5.60 Å². The van der Waals surface area contributed by atoms with Gasteiger partial charge < -0.3 is 5.11 Å². The van der Waals surface area contributed by atoms with Gasteiger partial charge in [-0.05, 0) is 41.3 Å². The molecular formula is C22H23NO. The van der Waals surface area contributed by atoms with Gasteiger partial charge in [-0.1, -0.05) is 72.8 Å². The molecule has 4 rings (SSSR count). The third-order valence-electron chi connectivity index (χ3n) is 5.09. The van der Waals surface area contributed by atoms with Crippen LogP contribution >= 0.6 is 0 Å². The summed E-state index contributed by atoms with van der Waals surface area (Å²) in [6.45, 7) is 2.63. The number of piperidine rings is 1. The zero-order valence-corrected chi connectivity index (χ0v) is 13.9. The fourth-order valence-electron chi connectivity index (χ4n) is 3.95. The number of benzene rings is 3. The summed E-state index contributed by atoms with van der Waals surface area (Å²) in [7, 11) is 0. The minimum atomic E-state index is -0.770. The highest BCUT2D eigenvalue weighted by molar-refractivity contribution is 5.86. The Morgan fingerprint density at radius 2 is 1.62 bits per heavy atom. The lowest BCUT2D eigenvalue weighted by Crippen LogP contribution is -2.45. The Morgan fingerprint density at radius 1 is 0.875 bits per heavy atom. The zero-order chi connectivity index (χ0) is 16.4. The first-order chi connectivity index (χ1) is 11.7. The highest BCUT2D eigenvalue weighted by Crippen LogP contribution is 2.36. The van der Waals surface area contributed by atoms with Crippen LogP contribution in [0.25, 0.3) is 10.8 Å². The number of nitrogens with zero attached hydrogens (tertiary/aromatic N) is 1. The molecule has 3 aromatic carbocycles. The number of hydrogen-bond donors (Lipinski definition) is 1. The van der Waals surface area contributed by atoms with Crippen molar-refractivity contribution in [1.82, 2.24) is 4.90 Å². The van der Waals surface area contributed by atoms with Crippen molar-refractivity contribution < 1.29 is 5.11 Å². The van der Waals surface area contributed by atoms with Crippen molar-refractivity contribution in [2.45, 2.75) is 25.0 Å². The van der Waals surface area contributed by atoms with Crippen molar-refractivity contribution >= 4 is 10.8 Å². The molecule has 0 bridgehead atoms. The van der Waals surface area contributed by atoms with Crippen molar-refractivity contribution in [2.75, 3.05) is 13.1 Å². The summed E-state index contributed by atoms with van der Waals surface area (Å²) in [6.07, 6.45) is 1.85. The van der Waals surface area contributed by atoms with Crippen LogP contribution in [0, 0.1) is 0 Å². The molecule has 0 amide bonds.